The number of carbonyl (C=O) groups excluding carboxylic acids is 2. The smallest absolute Gasteiger partial charge is 0.326 e. The summed E-state index contributed by atoms with van der Waals surface area (Å²) in [5.41, 5.74) is 11.3. The van der Waals surface area contributed by atoms with Crippen molar-refractivity contribution < 1.29 is 22.2 Å². The van der Waals surface area contributed by atoms with Crippen LogP contribution in [0.15, 0.2) is 97.1 Å². The summed E-state index contributed by atoms with van der Waals surface area (Å²) < 4.78 is 25.3. The number of anilines is 1. The first-order chi connectivity index (χ1) is 23.7. The first-order valence-corrected chi connectivity index (χ1v) is 18.4. The van der Waals surface area contributed by atoms with Crippen molar-refractivity contribution in [2.45, 2.75) is 86.0 Å². The minimum Gasteiger partial charge on any atom is -0.326 e. The molecule has 1 aliphatic rings. The van der Waals surface area contributed by atoms with Gasteiger partial charge in [-0.05, 0) is 108 Å². The van der Waals surface area contributed by atoms with Crippen LogP contribution in [0.1, 0.15) is 104 Å². The molecule has 0 aromatic heterocycles. The number of ketones is 1. The van der Waals surface area contributed by atoms with Crippen LogP contribution in [-0.4, -0.2) is 24.3 Å². The lowest BCUT2D eigenvalue weighted by atomic mass is 9.72. The predicted molar refractivity (Wildman–Crippen MR) is 203 cm³/mol. The molecule has 262 valence electrons. The van der Waals surface area contributed by atoms with Crippen LogP contribution in [0.5, 0.6) is 0 Å². The Morgan fingerprint density at radius 3 is 2.00 bits per heavy atom. The molecule has 0 spiro atoms. The van der Waals surface area contributed by atoms with Gasteiger partial charge in [-0.1, -0.05) is 118 Å². The molecule has 4 aromatic rings. The van der Waals surface area contributed by atoms with Crippen LogP contribution < -0.4 is 5.32 Å². The highest BCUT2D eigenvalue weighted by Crippen LogP contribution is 2.40. The number of Topliss-reactive ketones (excluding diaryl/α,β-unsaturated/α-hetero) is 1. The zero-order valence-corrected chi connectivity index (χ0v) is 30.9. The van der Waals surface area contributed by atoms with Crippen molar-refractivity contribution >= 4 is 33.6 Å². The topological polar surface area (TPSA) is 97.4 Å². The molecule has 0 aliphatic heterocycles. The third kappa shape index (κ3) is 10.7. The minimum atomic E-state index is -3.11. The second kappa shape index (κ2) is 17.3. The predicted octanol–water partition coefficient (Wildman–Crippen LogP) is 10.1. The molecule has 0 fully saturated rings. The number of hydrogen-bond donors (Lipinski definition) is 1. The van der Waals surface area contributed by atoms with E-state index in [0.717, 1.165) is 47.2 Å². The van der Waals surface area contributed by atoms with Gasteiger partial charge in [0, 0.05) is 17.7 Å². The largest absolute Gasteiger partial charge is 0.425 e. The van der Waals surface area contributed by atoms with Gasteiger partial charge in [-0.2, -0.15) is 0 Å². The van der Waals surface area contributed by atoms with Crippen molar-refractivity contribution in [2.75, 3.05) is 5.32 Å². The van der Waals surface area contributed by atoms with Gasteiger partial charge in [-0.3, -0.25) is 9.59 Å². The number of carbonyl (C=O) groups is 2. The van der Waals surface area contributed by atoms with Crippen LogP contribution >= 0.6 is 0 Å². The average molecular weight is 692 g/mol. The van der Waals surface area contributed by atoms with E-state index in [-0.39, 0.29) is 17.6 Å². The maximum atomic E-state index is 14.0. The second-order valence-electron chi connectivity index (χ2n) is 14.4. The first kappa shape index (κ1) is 38.2. The van der Waals surface area contributed by atoms with Crippen molar-refractivity contribution in [3.63, 3.8) is 0 Å². The highest BCUT2D eigenvalue weighted by molar-refractivity contribution is 7.59. The normalized spacial score (nSPS) is 14.8. The van der Waals surface area contributed by atoms with Gasteiger partial charge in [-0.15, -0.1) is 12.6 Å². The maximum absolute atomic E-state index is 14.0. The van der Waals surface area contributed by atoms with E-state index in [1.54, 1.807) is 0 Å². The summed E-state index contributed by atoms with van der Waals surface area (Å²) in [6.07, 6.45) is 7.76. The number of benzene rings is 4. The summed E-state index contributed by atoms with van der Waals surface area (Å²) in [4.78, 5) is 26.4. The Kier molecular flexibility index (Phi) is 13.3. The van der Waals surface area contributed by atoms with Crippen LogP contribution in [0.25, 0.3) is 16.7 Å². The minimum absolute atomic E-state index is 0.0388. The van der Waals surface area contributed by atoms with Crippen LogP contribution in [0, 0.1) is 25.2 Å². The number of aryl methyl sites for hydroxylation is 2. The number of hydrogen-bond acceptors (Lipinski definition) is 5. The zero-order chi connectivity index (χ0) is 36.4. The van der Waals surface area contributed by atoms with Gasteiger partial charge in [0.15, 0.2) is 5.78 Å². The van der Waals surface area contributed by atoms with Gasteiger partial charge in [-0.25, -0.2) is 0 Å². The third-order valence-corrected chi connectivity index (χ3v) is 9.67. The highest BCUT2D eigenvalue weighted by Gasteiger charge is 2.27. The van der Waals surface area contributed by atoms with Gasteiger partial charge in [0.05, 0.1) is 5.92 Å². The van der Waals surface area contributed by atoms with E-state index in [9.17, 15) is 9.59 Å². The number of rotatable bonds is 10. The molecule has 2 atom stereocenters. The molecule has 5 rings (SSSR count). The van der Waals surface area contributed by atoms with Crippen molar-refractivity contribution in [1.82, 2.24) is 0 Å². The molecular weight excluding hydrogens is 643 g/mol. The molecule has 0 unspecified atom stereocenters. The van der Waals surface area contributed by atoms with Crippen molar-refractivity contribution in [3.8, 4) is 11.1 Å². The number of allylic oxidation sites excluding steroid dienone is 2. The Balaban J connectivity index is 0.00000133. The molecule has 50 heavy (non-hydrogen) atoms. The molecule has 0 radical (unpaired) electrons. The highest BCUT2D eigenvalue weighted by atomic mass is 32.2. The summed E-state index contributed by atoms with van der Waals surface area (Å²) in [6, 6.07) is 31.0. The Morgan fingerprint density at radius 2 is 1.46 bits per heavy atom. The first-order valence-electron chi connectivity index (χ1n) is 17.4. The van der Waals surface area contributed by atoms with E-state index < -0.39 is 10.6 Å². The van der Waals surface area contributed by atoms with Gasteiger partial charge in [0.2, 0.25) is 5.91 Å². The lowest BCUT2D eigenvalue weighted by Gasteiger charge is -2.33. The molecular formula is C43H49NO5S. The molecule has 0 saturated carbocycles. The fourth-order valence-electron chi connectivity index (χ4n) is 6.71. The van der Waals surface area contributed by atoms with E-state index >= 15 is 0 Å². The molecule has 0 heterocycles. The third-order valence-electron chi connectivity index (χ3n) is 9.67. The summed E-state index contributed by atoms with van der Waals surface area (Å²) in [6.45, 7) is 13.3. The van der Waals surface area contributed by atoms with E-state index in [0.29, 0.717) is 24.2 Å². The summed E-state index contributed by atoms with van der Waals surface area (Å²) >= 11 is 0. The number of amides is 1. The fourth-order valence-corrected chi connectivity index (χ4v) is 6.71. The van der Waals surface area contributed by atoms with Crippen LogP contribution in [0.2, 0.25) is 0 Å². The SMILES string of the molecule is CCCC(=O)c1ccc(C[C@@H](C(=O)Nc2ccc(-c3ccc(C)cc3C)cc2)c2ccc(C3=CC[C@@H](C(C)(C)C)CC3)cc2)cc1.O=S(=O)=O. The maximum Gasteiger partial charge on any atom is 0.425 e. The van der Waals surface area contributed by atoms with Crippen molar-refractivity contribution in [1.29, 1.82) is 0 Å². The molecule has 0 bridgehead atoms. The van der Waals surface area contributed by atoms with Gasteiger partial charge in [0.1, 0.15) is 0 Å². The van der Waals surface area contributed by atoms with E-state index in [4.69, 9.17) is 12.6 Å². The van der Waals surface area contributed by atoms with Gasteiger partial charge in [0.25, 0.3) is 0 Å². The van der Waals surface area contributed by atoms with E-state index in [1.165, 1.54) is 34.2 Å². The molecule has 1 amide bonds. The Hall–Kier alpha value is -4.62. The van der Waals surface area contributed by atoms with E-state index in [2.05, 4.69) is 101 Å². The second-order valence-corrected chi connectivity index (χ2v) is 14.8. The van der Waals surface area contributed by atoms with Crippen LogP contribution in [0.4, 0.5) is 5.69 Å². The average Bonchev–Trinajstić information content (AvgIpc) is 3.07. The molecule has 1 N–H and O–H groups in total. The monoisotopic (exact) mass is 691 g/mol. The summed E-state index contributed by atoms with van der Waals surface area (Å²) in [5, 5.41) is 3.20. The molecule has 0 saturated heterocycles. The Labute approximate surface area is 299 Å². The van der Waals surface area contributed by atoms with Crippen molar-refractivity contribution in [3.05, 3.63) is 130 Å². The van der Waals surface area contributed by atoms with E-state index in [1.807, 2.05) is 43.3 Å². The zero-order valence-electron chi connectivity index (χ0n) is 30.1. The molecule has 7 heteroatoms. The molecule has 6 nitrogen and oxygen atoms in total. The van der Waals surface area contributed by atoms with Crippen molar-refractivity contribution in [2.24, 2.45) is 11.3 Å². The van der Waals surface area contributed by atoms with Crippen LogP contribution in [0.3, 0.4) is 0 Å². The fraction of sp³-hybridized carbons (Fsp3) is 0.349. The van der Waals surface area contributed by atoms with Gasteiger partial charge >= 0.3 is 10.6 Å². The lowest BCUT2D eigenvalue weighted by molar-refractivity contribution is -0.117. The number of nitrogens with one attached hydrogen (secondary N) is 1. The molecule has 4 aromatic carbocycles. The Morgan fingerprint density at radius 1 is 0.840 bits per heavy atom. The van der Waals surface area contributed by atoms with Crippen LogP contribution in [-0.2, 0) is 21.8 Å². The standard InChI is InChI=1S/C43H49NO2.O3S/c1-7-8-41(45)36-12-10-31(11-13-36)28-40(35-16-14-32(15-17-35)33-18-22-37(23-19-33)43(4,5)6)42(46)44-38-24-20-34(21-25-38)39-26-9-29(2)27-30(39)3;1-4(2)3/h9-18,20-21,24-27,37,40H,7-8,19,22-23,28H2,1-6H3,(H,44,46);/t37-,40-;/m1./s1. The summed E-state index contributed by atoms with van der Waals surface area (Å²) in [7, 11) is -3.11. The summed E-state index contributed by atoms with van der Waals surface area (Å²) in [5.74, 6) is 0.454. The quantitative estimate of drug-likeness (QED) is 0.167. The lowest BCUT2D eigenvalue weighted by Crippen LogP contribution is -2.23. The molecule has 1 aliphatic carbocycles. The van der Waals surface area contributed by atoms with Gasteiger partial charge < -0.3 is 5.32 Å². The Bertz CT molecular complexity index is 1910.